The van der Waals surface area contributed by atoms with Gasteiger partial charge in [-0.25, -0.2) is 0 Å². The van der Waals surface area contributed by atoms with E-state index in [2.05, 4.69) is 4.90 Å². The number of aliphatic hydroxyl groups is 1. The molecule has 1 saturated carbocycles. The first kappa shape index (κ1) is 15.3. The lowest BCUT2D eigenvalue weighted by atomic mass is 9.80. The number of rotatable bonds is 3. The standard InChI is InChI=1S/C17H29NO3/c19-16-6-2-1-4-14(16)15-5-3-9-18(15)17(20)12-13-7-10-21-11-8-13/h13-16,19H,1-12H2/t14-,15+,16+/m0/s1. The zero-order valence-corrected chi connectivity index (χ0v) is 13.0. The van der Waals surface area contributed by atoms with Gasteiger partial charge in [0.25, 0.3) is 0 Å². The average Bonchev–Trinajstić information content (AvgIpc) is 2.98. The Hall–Kier alpha value is -0.610. The van der Waals surface area contributed by atoms with E-state index in [1.807, 2.05) is 0 Å². The van der Waals surface area contributed by atoms with Crippen LogP contribution in [0.1, 0.15) is 57.8 Å². The molecule has 2 aliphatic heterocycles. The largest absolute Gasteiger partial charge is 0.393 e. The van der Waals surface area contributed by atoms with Gasteiger partial charge in [-0.05, 0) is 44.4 Å². The number of aliphatic hydroxyl groups excluding tert-OH is 1. The van der Waals surface area contributed by atoms with Crippen LogP contribution in [-0.4, -0.2) is 47.8 Å². The van der Waals surface area contributed by atoms with Crippen molar-refractivity contribution in [2.24, 2.45) is 11.8 Å². The van der Waals surface area contributed by atoms with E-state index in [0.29, 0.717) is 30.2 Å². The summed E-state index contributed by atoms with van der Waals surface area (Å²) in [6.07, 6.45) is 9.08. The monoisotopic (exact) mass is 295 g/mol. The first-order chi connectivity index (χ1) is 10.3. The highest BCUT2D eigenvalue weighted by Gasteiger charge is 2.39. The lowest BCUT2D eigenvalue weighted by Gasteiger charge is -2.37. The third-order valence-electron chi connectivity index (χ3n) is 5.70. The molecule has 0 aromatic rings. The molecule has 4 nitrogen and oxygen atoms in total. The van der Waals surface area contributed by atoms with E-state index >= 15 is 0 Å². The fourth-order valence-corrected chi connectivity index (χ4v) is 4.45. The quantitative estimate of drug-likeness (QED) is 0.869. The van der Waals surface area contributed by atoms with Crippen molar-refractivity contribution in [1.29, 1.82) is 0 Å². The first-order valence-corrected chi connectivity index (χ1v) is 8.81. The van der Waals surface area contributed by atoms with E-state index in [9.17, 15) is 9.90 Å². The molecule has 120 valence electrons. The van der Waals surface area contributed by atoms with Crippen LogP contribution in [0.25, 0.3) is 0 Å². The van der Waals surface area contributed by atoms with Gasteiger partial charge in [0.1, 0.15) is 0 Å². The number of hydrogen-bond acceptors (Lipinski definition) is 3. The summed E-state index contributed by atoms with van der Waals surface area (Å²) in [5, 5.41) is 10.3. The Labute approximate surface area is 127 Å². The van der Waals surface area contributed by atoms with Crippen molar-refractivity contribution in [3.8, 4) is 0 Å². The fraction of sp³-hybridized carbons (Fsp3) is 0.941. The molecule has 1 N–H and O–H groups in total. The molecule has 2 saturated heterocycles. The van der Waals surface area contributed by atoms with Crippen molar-refractivity contribution >= 4 is 5.91 Å². The second-order valence-electron chi connectivity index (χ2n) is 7.07. The summed E-state index contributed by atoms with van der Waals surface area (Å²) in [6.45, 7) is 2.52. The Bertz CT molecular complexity index is 354. The Morgan fingerprint density at radius 1 is 1.05 bits per heavy atom. The van der Waals surface area contributed by atoms with Gasteiger partial charge < -0.3 is 14.7 Å². The van der Waals surface area contributed by atoms with Gasteiger partial charge in [-0.3, -0.25) is 4.79 Å². The van der Waals surface area contributed by atoms with Crippen LogP contribution in [0.3, 0.4) is 0 Å². The lowest BCUT2D eigenvalue weighted by molar-refractivity contribution is -0.136. The van der Waals surface area contributed by atoms with Crippen molar-refractivity contribution in [1.82, 2.24) is 4.90 Å². The second-order valence-corrected chi connectivity index (χ2v) is 7.07. The topological polar surface area (TPSA) is 49.8 Å². The predicted octanol–water partition coefficient (Wildman–Crippen LogP) is 2.35. The summed E-state index contributed by atoms with van der Waals surface area (Å²) in [4.78, 5) is 14.8. The van der Waals surface area contributed by atoms with Crippen molar-refractivity contribution in [3.63, 3.8) is 0 Å². The van der Waals surface area contributed by atoms with Crippen molar-refractivity contribution in [3.05, 3.63) is 0 Å². The molecule has 3 aliphatic rings. The molecule has 0 aromatic heterocycles. The van der Waals surface area contributed by atoms with Gasteiger partial charge in [0, 0.05) is 38.1 Å². The second kappa shape index (κ2) is 7.10. The van der Waals surface area contributed by atoms with E-state index in [0.717, 1.165) is 64.7 Å². The van der Waals surface area contributed by atoms with Crippen LogP contribution in [0.5, 0.6) is 0 Å². The number of nitrogens with zero attached hydrogens (tertiary/aromatic N) is 1. The van der Waals surface area contributed by atoms with Gasteiger partial charge in [-0.15, -0.1) is 0 Å². The molecule has 0 unspecified atom stereocenters. The number of likely N-dealkylation sites (tertiary alicyclic amines) is 1. The third kappa shape index (κ3) is 3.59. The van der Waals surface area contributed by atoms with E-state index in [1.165, 1.54) is 6.42 Å². The minimum Gasteiger partial charge on any atom is -0.393 e. The molecular weight excluding hydrogens is 266 g/mol. The maximum Gasteiger partial charge on any atom is 0.223 e. The van der Waals surface area contributed by atoms with Gasteiger partial charge in [-0.1, -0.05) is 12.8 Å². The average molecular weight is 295 g/mol. The van der Waals surface area contributed by atoms with Gasteiger partial charge in [0.05, 0.1) is 6.10 Å². The summed E-state index contributed by atoms with van der Waals surface area (Å²) in [5.41, 5.74) is 0. The molecule has 0 spiro atoms. The van der Waals surface area contributed by atoms with Gasteiger partial charge in [-0.2, -0.15) is 0 Å². The van der Waals surface area contributed by atoms with Gasteiger partial charge in [0.15, 0.2) is 0 Å². The Morgan fingerprint density at radius 2 is 1.81 bits per heavy atom. The fourth-order valence-electron chi connectivity index (χ4n) is 4.45. The predicted molar refractivity (Wildman–Crippen MR) is 80.9 cm³/mol. The summed E-state index contributed by atoms with van der Waals surface area (Å²) in [6, 6.07) is 0.299. The highest BCUT2D eigenvalue weighted by Crippen LogP contribution is 2.35. The van der Waals surface area contributed by atoms with Crippen molar-refractivity contribution < 1.29 is 14.6 Å². The van der Waals surface area contributed by atoms with Crippen LogP contribution in [-0.2, 0) is 9.53 Å². The molecule has 0 aromatic carbocycles. The molecule has 21 heavy (non-hydrogen) atoms. The molecule has 2 heterocycles. The van der Waals surface area contributed by atoms with Crippen LogP contribution in [0.15, 0.2) is 0 Å². The molecule has 4 heteroatoms. The van der Waals surface area contributed by atoms with E-state index < -0.39 is 0 Å². The number of hydrogen-bond donors (Lipinski definition) is 1. The number of carbonyl (C=O) groups is 1. The van der Waals surface area contributed by atoms with Crippen molar-refractivity contribution in [2.75, 3.05) is 19.8 Å². The molecule has 0 radical (unpaired) electrons. The number of ether oxygens (including phenoxy) is 1. The molecular formula is C17H29NO3. The third-order valence-corrected chi connectivity index (χ3v) is 5.70. The van der Waals surface area contributed by atoms with E-state index in [-0.39, 0.29) is 6.10 Å². The maximum atomic E-state index is 12.7. The van der Waals surface area contributed by atoms with Crippen molar-refractivity contribution in [2.45, 2.75) is 69.9 Å². The Kier molecular flexibility index (Phi) is 5.17. The molecule has 3 fully saturated rings. The molecule has 1 aliphatic carbocycles. The van der Waals surface area contributed by atoms with E-state index in [4.69, 9.17) is 4.74 Å². The zero-order valence-electron chi connectivity index (χ0n) is 13.0. The minimum absolute atomic E-state index is 0.194. The Balaban J connectivity index is 1.58. The van der Waals surface area contributed by atoms with Gasteiger partial charge in [0.2, 0.25) is 5.91 Å². The number of amides is 1. The van der Waals surface area contributed by atoms with Crippen LogP contribution < -0.4 is 0 Å². The van der Waals surface area contributed by atoms with Crippen LogP contribution in [0, 0.1) is 11.8 Å². The highest BCUT2D eigenvalue weighted by atomic mass is 16.5. The number of carbonyl (C=O) groups excluding carboxylic acids is 1. The first-order valence-electron chi connectivity index (χ1n) is 8.81. The molecule has 1 amide bonds. The summed E-state index contributed by atoms with van der Waals surface area (Å²) in [5.74, 6) is 1.14. The molecule has 3 atom stereocenters. The molecule has 0 bridgehead atoms. The van der Waals surface area contributed by atoms with Gasteiger partial charge >= 0.3 is 0 Å². The van der Waals surface area contributed by atoms with Crippen LogP contribution in [0.2, 0.25) is 0 Å². The normalized spacial score (nSPS) is 35.1. The molecule has 3 rings (SSSR count). The van der Waals surface area contributed by atoms with Crippen LogP contribution >= 0.6 is 0 Å². The summed E-state index contributed by atoms with van der Waals surface area (Å²) in [7, 11) is 0. The lowest BCUT2D eigenvalue weighted by Crippen LogP contribution is -2.45. The van der Waals surface area contributed by atoms with Crippen LogP contribution in [0.4, 0.5) is 0 Å². The smallest absolute Gasteiger partial charge is 0.223 e. The highest BCUT2D eigenvalue weighted by molar-refractivity contribution is 5.77. The SMILES string of the molecule is O=C(CC1CCOCC1)N1CCC[C@@H]1[C@@H]1CCCC[C@H]1O. The summed E-state index contributed by atoms with van der Waals surface area (Å²) < 4.78 is 5.38. The summed E-state index contributed by atoms with van der Waals surface area (Å²) >= 11 is 0. The minimum atomic E-state index is -0.194. The zero-order chi connectivity index (χ0) is 14.7. The Morgan fingerprint density at radius 3 is 2.57 bits per heavy atom. The maximum absolute atomic E-state index is 12.7. The van der Waals surface area contributed by atoms with E-state index in [1.54, 1.807) is 0 Å².